The molecule has 0 heterocycles. The zero-order valence-corrected chi connectivity index (χ0v) is 13.5. The van der Waals surface area contributed by atoms with Gasteiger partial charge >= 0.3 is 5.97 Å². The monoisotopic (exact) mass is 292 g/mol. The second-order valence-corrected chi connectivity index (χ2v) is 5.08. The third kappa shape index (κ3) is 6.74. The lowest BCUT2D eigenvalue weighted by atomic mass is 10.1. The molecule has 0 aliphatic rings. The molecule has 1 rings (SSSR count). The Morgan fingerprint density at radius 3 is 2.48 bits per heavy atom. The van der Waals surface area contributed by atoms with Gasteiger partial charge in [0.1, 0.15) is 6.04 Å². The fourth-order valence-corrected chi connectivity index (χ4v) is 2.34. The van der Waals surface area contributed by atoms with E-state index in [0.717, 1.165) is 39.0 Å². The van der Waals surface area contributed by atoms with E-state index in [1.54, 1.807) is 0 Å². The number of nitrogens with one attached hydrogen (secondary N) is 1. The molecular formula is C17H28N2O2. The summed E-state index contributed by atoms with van der Waals surface area (Å²) >= 11 is 0. The molecule has 118 valence electrons. The van der Waals surface area contributed by atoms with Gasteiger partial charge in [-0.15, -0.1) is 0 Å². The number of carbonyl (C=O) groups excluding carboxylic acids is 1. The number of nitrogens with zero attached hydrogens (tertiary/aromatic N) is 1. The molecule has 0 saturated carbocycles. The standard InChI is InChI=1S/C17H28N2O2/c1-4-19(5-2)14-13-18-16(17(20)21-3)12-11-15-9-7-6-8-10-15/h6-10,16,18H,4-5,11-14H2,1-3H3. The molecule has 1 aromatic rings. The van der Waals surface area contributed by atoms with Crippen molar-refractivity contribution in [3.8, 4) is 0 Å². The summed E-state index contributed by atoms with van der Waals surface area (Å²) < 4.78 is 4.90. The van der Waals surface area contributed by atoms with Gasteiger partial charge in [0.25, 0.3) is 0 Å². The van der Waals surface area contributed by atoms with E-state index in [4.69, 9.17) is 4.74 Å². The summed E-state index contributed by atoms with van der Waals surface area (Å²) in [6.45, 7) is 8.12. The average molecular weight is 292 g/mol. The van der Waals surface area contributed by atoms with Crippen molar-refractivity contribution < 1.29 is 9.53 Å². The van der Waals surface area contributed by atoms with Crippen LogP contribution in [0, 0.1) is 0 Å². The number of esters is 1. The lowest BCUT2D eigenvalue weighted by Gasteiger charge is -2.21. The normalized spacial score (nSPS) is 12.4. The van der Waals surface area contributed by atoms with E-state index in [9.17, 15) is 4.79 Å². The van der Waals surface area contributed by atoms with Gasteiger partial charge in [0, 0.05) is 13.1 Å². The van der Waals surface area contributed by atoms with E-state index in [2.05, 4.69) is 36.2 Å². The molecule has 0 spiro atoms. The highest BCUT2D eigenvalue weighted by Crippen LogP contribution is 2.06. The zero-order valence-electron chi connectivity index (χ0n) is 13.5. The maximum absolute atomic E-state index is 11.8. The molecule has 0 fully saturated rings. The molecule has 4 nitrogen and oxygen atoms in total. The topological polar surface area (TPSA) is 41.6 Å². The number of aryl methyl sites for hydroxylation is 1. The van der Waals surface area contributed by atoms with Crippen molar-refractivity contribution >= 4 is 5.97 Å². The number of methoxy groups -OCH3 is 1. The number of benzene rings is 1. The van der Waals surface area contributed by atoms with Crippen LogP contribution in [0.3, 0.4) is 0 Å². The van der Waals surface area contributed by atoms with E-state index < -0.39 is 0 Å². The molecule has 0 radical (unpaired) electrons. The van der Waals surface area contributed by atoms with Crippen LogP contribution in [0.2, 0.25) is 0 Å². The smallest absolute Gasteiger partial charge is 0.322 e. The van der Waals surface area contributed by atoms with Crippen molar-refractivity contribution in [1.82, 2.24) is 10.2 Å². The molecule has 0 aliphatic carbocycles. The Balaban J connectivity index is 2.42. The van der Waals surface area contributed by atoms with Gasteiger partial charge in [0.15, 0.2) is 0 Å². The van der Waals surface area contributed by atoms with Crippen LogP contribution < -0.4 is 5.32 Å². The first-order valence-corrected chi connectivity index (χ1v) is 7.78. The molecule has 1 aromatic carbocycles. The number of rotatable bonds is 10. The van der Waals surface area contributed by atoms with Crippen LogP contribution in [-0.2, 0) is 16.0 Å². The van der Waals surface area contributed by atoms with Crippen molar-refractivity contribution in [2.75, 3.05) is 33.3 Å². The minimum absolute atomic E-state index is 0.175. The van der Waals surface area contributed by atoms with Gasteiger partial charge in [0.2, 0.25) is 0 Å². The summed E-state index contributed by atoms with van der Waals surface area (Å²) in [6, 6.07) is 10.00. The Kier molecular flexibility index (Phi) is 8.71. The Morgan fingerprint density at radius 2 is 1.90 bits per heavy atom. The maximum Gasteiger partial charge on any atom is 0.322 e. The van der Waals surface area contributed by atoms with Gasteiger partial charge in [-0.25, -0.2) is 0 Å². The van der Waals surface area contributed by atoms with Crippen molar-refractivity contribution in [2.45, 2.75) is 32.7 Å². The second kappa shape index (κ2) is 10.4. The number of hydrogen-bond acceptors (Lipinski definition) is 4. The van der Waals surface area contributed by atoms with Crippen molar-refractivity contribution in [1.29, 1.82) is 0 Å². The molecule has 0 saturated heterocycles. The Labute approximate surface area is 128 Å². The Hall–Kier alpha value is -1.39. The molecule has 1 atom stereocenters. The minimum atomic E-state index is -0.231. The van der Waals surface area contributed by atoms with E-state index in [0.29, 0.717) is 0 Å². The van der Waals surface area contributed by atoms with E-state index >= 15 is 0 Å². The number of carbonyl (C=O) groups is 1. The van der Waals surface area contributed by atoms with Crippen LogP contribution in [0.25, 0.3) is 0 Å². The lowest BCUT2D eigenvalue weighted by Crippen LogP contribution is -2.42. The average Bonchev–Trinajstić information content (AvgIpc) is 2.54. The van der Waals surface area contributed by atoms with Crippen molar-refractivity contribution in [3.63, 3.8) is 0 Å². The van der Waals surface area contributed by atoms with Gasteiger partial charge in [-0.05, 0) is 31.5 Å². The van der Waals surface area contributed by atoms with Gasteiger partial charge in [-0.3, -0.25) is 4.79 Å². The van der Waals surface area contributed by atoms with Crippen LogP contribution in [0.1, 0.15) is 25.8 Å². The van der Waals surface area contributed by atoms with Gasteiger partial charge in [-0.1, -0.05) is 44.2 Å². The predicted octanol–water partition coefficient (Wildman–Crippen LogP) is 2.09. The number of likely N-dealkylation sites (N-methyl/N-ethyl adjacent to an activating group) is 1. The van der Waals surface area contributed by atoms with Crippen LogP contribution in [-0.4, -0.2) is 50.2 Å². The van der Waals surface area contributed by atoms with Crippen LogP contribution in [0.5, 0.6) is 0 Å². The highest BCUT2D eigenvalue weighted by molar-refractivity contribution is 5.75. The molecule has 21 heavy (non-hydrogen) atoms. The molecule has 1 unspecified atom stereocenters. The molecule has 0 aromatic heterocycles. The first-order valence-electron chi connectivity index (χ1n) is 7.78. The minimum Gasteiger partial charge on any atom is -0.468 e. The molecule has 0 aliphatic heterocycles. The number of ether oxygens (including phenoxy) is 1. The molecule has 0 bridgehead atoms. The van der Waals surface area contributed by atoms with Crippen LogP contribution in [0.4, 0.5) is 0 Å². The SMILES string of the molecule is CCN(CC)CCNC(CCc1ccccc1)C(=O)OC. The zero-order chi connectivity index (χ0) is 15.5. The van der Waals surface area contributed by atoms with Gasteiger partial charge < -0.3 is 15.0 Å². The first kappa shape index (κ1) is 17.7. The van der Waals surface area contributed by atoms with Crippen LogP contribution in [0.15, 0.2) is 30.3 Å². The molecule has 4 heteroatoms. The van der Waals surface area contributed by atoms with Gasteiger partial charge in [0.05, 0.1) is 7.11 Å². The Morgan fingerprint density at radius 1 is 1.24 bits per heavy atom. The fourth-order valence-electron chi connectivity index (χ4n) is 2.34. The highest BCUT2D eigenvalue weighted by atomic mass is 16.5. The first-order chi connectivity index (χ1) is 10.2. The third-order valence-corrected chi connectivity index (χ3v) is 3.76. The quantitative estimate of drug-likeness (QED) is 0.671. The van der Waals surface area contributed by atoms with Crippen LogP contribution >= 0.6 is 0 Å². The second-order valence-electron chi connectivity index (χ2n) is 5.08. The van der Waals surface area contributed by atoms with E-state index in [1.807, 2.05) is 18.2 Å². The largest absolute Gasteiger partial charge is 0.468 e. The third-order valence-electron chi connectivity index (χ3n) is 3.76. The molecular weight excluding hydrogens is 264 g/mol. The number of hydrogen-bond donors (Lipinski definition) is 1. The maximum atomic E-state index is 11.8. The summed E-state index contributed by atoms with van der Waals surface area (Å²) in [4.78, 5) is 14.2. The highest BCUT2D eigenvalue weighted by Gasteiger charge is 2.18. The summed E-state index contributed by atoms with van der Waals surface area (Å²) in [7, 11) is 1.45. The fraction of sp³-hybridized carbons (Fsp3) is 0.588. The van der Waals surface area contributed by atoms with Crippen molar-refractivity contribution in [2.24, 2.45) is 0 Å². The van der Waals surface area contributed by atoms with E-state index in [1.165, 1.54) is 12.7 Å². The summed E-state index contributed by atoms with van der Waals surface area (Å²) in [5.41, 5.74) is 1.25. The Bertz CT molecular complexity index is 391. The summed E-state index contributed by atoms with van der Waals surface area (Å²) in [5, 5.41) is 3.32. The molecule has 1 N–H and O–H groups in total. The van der Waals surface area contributed by atoms with Crippen molar-refractivity contribution in [3.05, 3.63) is 35.9 Å². The van der Waals surface area contributed by atoms with E-state index in [-0.39, 0.29) is 12.0 Å². The summed E-state index contributed by atoms with van der Waals surface area (Å²) in [5.74, 6) is -0.175. The summed E-state index contributed by atoms with van der Waals surface area (Å²) in [6.07, 6.45) is 1.63. The lowest BCUT2D eigenvalue weighted by molar-refractivity contribution is -0.143. The predicted molar refractivity (Wildman–Crippen MR) is 86.4 cm³/mol. The molecule has 0 amide bonds. The van der Waals surface area contributed by atoms with Gasteiger partial charge in [-0.2, -0.15) is 0 Å².